The molecule has 0 aromatic heterocycles. The first-order valence-corrected chi connectivity index (χ1v) is 6.38. The molecule has 1 aliphatic rings. The monoisotopic (exact) mass is 249 g/mol. The Morgan fingerprint density at radius 2 is 1.94 bits per heavy atom. The van der Waals surface area contributed by atoms with Crippen LogP contribution in [0.1, 0.15) is 35.2 Å². The summed E-state index contributed by atoms with van der Waals surface area (Å²) in [6.07, 6.45) is 2.94. The summed E-state index contributed by atoms with van der Waals surface area (Å²) < 4.78 is 0. The van der Waals surface area contributed by atoms with E-state index >= 15 is 0 Å². The van der Waals surface area contributed by atoms with Crippen molar-refractivity contribution in [3.8, 4) is 0 Å². The zero-order chi connectivity index (χ0) is 13.0. The molecular formula is C14H19NO3. The van der Waals surface area contributed by atoms with Crippen LogP contribution in [-0.2, 0) is 6.61 Å². The van der Waals surface area contributed by atoms with E-state index < -0.39 is 0 Å². The molecule has 18 heavy (non-hydrogen) atoms. The molecule has 2 rings (SSSR count). The Morgan fingerprint density at radius 1 is 1.22 bits per heavy atom. The van der Waals surface area contributed by atoms with Crippen LogP contribution >= 0.6 is 0 Å². The normalized spacial score (nSPS) is 19.9. The van der Waals surface area contributed by atoms with E-state index in [9.17, 15) is 9.90 Å². The molecular weight excluding hydrogens is 230 g/mol. The van der Waals surface area contributed by atoms with Gasteiger partial charge in [0.15, 0.2) is 0 Å². The van der Waals surface area contributed by atoms with Gasteiger partial charge in [-0.05, 0) is 37.0 Å². The summed E-state index contributed by atoms with van der Waals surface area (Å²) in [4.78, 5) is 14.1. The minimum absolute atomic E-state index is 0.0164. The lowest BCUT2D eigenvalue weighted by molar-refractivity contribution is 0.0503. The van der Waals surface area contributed by atoms with E-state index in [1.54, 1.807) is 29.2 Å². The fraction of sp³-hybridized carbons (Fsp3) is 0.500. The second kappa shape index (κ2) is 5.98. The van der Waals surface area contributed by atoms with E-state index in [0.717, 1.165) is 24.8 Å². The van der Waals surface area contributed by atoms with Crippen molar-refractivity contribution < 1.29 is 15.0 Å². The molecule has 2 N–H and O–H groups in total. The van der Waals surface area contributed by atoms with E-state index in [4.69, 9.17) is 5.11 Å². The van der Waals surface area contributed by atoms with Gasteiger partial charge < -0.3 is 15.1 Å². The van der Waals surface area contributed by atoms with Crippen LogP contribution in [0.5, 0.6) is 0 Å². The van der Waals surface area contributed by atoms with Crippen LogP contribution < -0.4 is 0 Å². The second-order valence-corrected chi connectivity index (χ2v) is 4.69. The third kappa shape index (κ3) is 2.71. The number of likely N-dealkylation sites (tertiary alicyclic amines) is 1. The van der Waals surface area contributed by atoms with Gasteiger partial charge in [-0.1, -0.05) is 12.1 Å². The number of hydrogen-bond acceptors (Lipinski definition) is 3. The number of carbonyl (C=O) groups excluding carboxylic acids is 1. The van der Waals surface area contributed by atoms with Gasteiger partial charge in [-0.25, -0.2) is 0 Å². The van der Waals surface area contributed by atoms with Crippen LogP contribution in [0, 0.1) is 0 Å². The maximum absolute atomic E-state index is 12.3. The summed E-state index contributed by atoms with van der Waals surface area (Å²) in [5.74, 6) is -0.0294. The van der Waals surface area contributed by atoms with Gasteiger partial charge in [-0.15, -0.1) is 0 Å². The predicted molar refractivity (Wildman–Crippen MR) is 68.1 cm³/mol. The van der Waals surface area contributed by atoms with Gasteiger partial charge in [-0.3, -0.25) is 4.79 Å². The van der Waals surface area contributed by atoms with Crippen LogP contribution in [0.4, 0.5) is 0 Å². The molecule has 0 radical (unpaired) electrons. The zero-order valence-corrected chi connectivity index (χ0v) is 10.4. The van der Waals surface area contributed by atoms with E-state index in [-0.39, 0.29) is 25.2 Å². The number of aliphatic hydroxyl groups excluding tert-OH is 2. The molecule has 1 amide bonds. The first-order chi connectivity index (χ1) is 8.76. The molecule has 0 saturated carbocycles. The van der Waals surface area contributed by atoms with Crippen molar-refractivity contribution in [2.75, 3.05) is 13.2 Å². The fourth-order valence-corrected chi connectivity index (χ4v) is 2.38. The highest BCUT2D eigenvalue weighted by atomic mass is 16.3. The standard InChI is InChI=1S/C14H19NO3/c16-9-11-4-6-12(7-5-11)14(18)15-8-2-1-3-13(15)10-17/h4-7,13,16-17H,1-3,8-10H2. The molecule has 1 heterocycles. The Balaban J connectivity index is 2.13. The maximum Gasteiger partial charge on any atom is 0.254 e. The van der Waals surface area contributed by atoms with Gasteiger partial charge in [-0.2, -0.15) is 0 Å². The van der Waals surface area contributed by atoms with E-state index in [0.29, 0.717) is 12.1 Å². The predicted octanol–water partition coefficient (Wildman–Crippen LogP) is 1.17. The number of benzene rings is 1. The van der Waals surface area contributed by atoms with Gasteiger partial charge in [0.2, 0.25) is 0 Å². The lowest BCUT2D eigenvalue weighted by Crippen LogP contribution is -2.45. The van der Waals surface area contributed by atoms with Crippen molar-refractivity contribution in [1.82, 2.24) is 4.90 Å². The van der Waals surface area contributed by atoms with Crippen LogP contribution in [0.2, 0.25) is 0 Å². The Labute approximate surface area is 107 Å². The van der Waals surface area contributed by atoms with Crippen molar-refractivity contribution in [2.45, 2.75) is 31.9 Å². The Kier molecular flexibility index (Phi) is 4.33. The summed E-state index contributed by atoms with van der Waals surface area (Å²) in [6, 6.07) is 6.92. The molecule has 1 aliphatic heterocycles. The van der Waals surface area contributed by atoms with Crippen molar-refractivity contribution in [1.29, 1.82) is 0 Å². The molecule has 1 aromatic carbocycles. The van der Waals surface area contributed by atoms with Crippen molar-refractivity contribution >= 4 is 5.91 Å². The molecule has 4 heteroatoms. The lowest BCUT2D eigenvalue weighted by Gasteiger charge is -2.34. The smallest absolute Gasteiger partial charge is 0.254 e. The zero-order valence-electron chi connectivity index (χ0n) is 10.4. The van der Waals surface area contributed by atoms with Crippen molar-refractivity contribution in [3.63, 3.8) is 0 Å². The number of hydrogen-bond donors (Lipinski definition) is 2. The van der Waals surface area contributed by atoms with Crippen LogP contribution in [0.15, 0.2) is 24.3 Å². The minimum atomic E-state index is -0.0521. The first kappa shape index (κ1) is 13.1. The number of piperidine rings is 1. The average Bonchev–Trinajstić information content (AvgIpc) is 2.46. The third-order valence-electron chi connectivity index (χ3n) is 3.48. The molecule has 0 bridgehead atoms. The maximum atomic E-state index is 12.3. The Hall–Kier alpha value is -1.39. The number of nitrogens with zero attached hydrogens (tertiary/aromatic N) is 1. The van der Waals surface area contributed by atoms with E-state index in [2.05, 4.69) is 0 Å². The second-order valence-electron chi connectivity index (χ2n) is 4.69. The molecule has 98 valence electrons. The Bertz CT molecular complexity index is 402. The number of rotatable bonds is 3. The van der Waals surface area contributed by atoms with E-state index in [1.165, 1.54) is 0 Å². The first-order valence-electron chi connectivity index (χ1n) is 6.38. The molecule has 1 fully saturated rings. The van der Waals surface area contributed by atoms with Gasteiger partial charge >= 0.3 is 0 Å². The summed E-state index contributed by atoms with van der Waals surface area (Å²) >= 11 is 0. The number of aliphatic hydroxyl groups is 2. The molecule has 0 spiro atoms. The molecule has 0 aliphatic carbocycles. The van der Waals surface area contributed by atoms with Crippen molar-refractivity contribution in [2.24, 2.45) is 0 Å². The lowest BCUT2D eigenvalue weighted by atomic mass is 10.0. The van der Waals surface area contributed by atoms with Gasteiger partial charge in [0, 0.05) is 12.1 Å². The largest absolute Gasteiger partial charge is 0.394 e. The molecule has 1 saturated heterocycles. The van der Waals surface area contributed by atoms with Gasteiger partial charge in [0.05, 0.1) is 19.3 Å². The highest BCUT2D eigenvalue weighted by Crippen LogP contribution is 2.19. The highest BCUT2D eigenvalue weighted by Gasteiger charge is 2.26. The molecule has 1 aromatic rings. The fourth-order valence-electron chi connectivity index (χ4n) is 2.38. The summed E-state index contributed by atoms with van der Waals surface area (Å²) in [5.41, 5.74) is 1.41. The Morgan fingerprint density at radius 3 is 2.56 bits per heavy atom. The van der Waals surface area contributed by atoms with Gasteiger partial charge in [0.1, 0.15) is 0 Å². The minimum Gasteiger partial charge on any atom is -0.394 e. The molecule has 1 atom stereocenters. The summed E-state index contributed by atoms with van der Waals surface area (Å²) in [6.45, 7) is 0.726. The molecule has 1 unspecified atom stereocenters. The van der Waals surface area contributed by atoms with Crippen LogP contribution in [0.3, 0.4) is 0 Å². The summed E-state index contributed by atoms with van der Waals surface area (Å²) in [5, 5.41) is 18.3. The van der Waals surface area contributed by atoms with Crippen LogP contribution in [0.25, 0.3) is 0 Å². The van der Waals surface area contributed by atoms with Gasteiger partial charge in [0.25, 0.3) is 5.91 Å². The topological polar surface area (TPSA) is 60.8 Å². The number of carbonyl (C=O) groups is 1. The van der Waals surface area contributed by atoms with Crippen LogP contribution in [-0.4, -0.2) is 40.2 Å². The van der Waals surface area contributed by atoms with E-state index in [1.807, 2.05) is 0 Å². The summed E-state index contributed by atoms with van der Waals surface area (Å²) in [7, 11) is 0. The van der Waals surface area contributed by atoms with Crippen molar-refractivity contribution in [3.05, 3.63) is 35.4 Å². The third-order valence-corrected chi connectivity index (χ3v) is 3.48. The molecule has 4 nitrogen and oxygen atoms in total. The number of amides is 1. The average molecular weight is 249 g/mol. The SMILES string of the molecule is O=C(c1ccc(CO)cc1)N1CCCCC1CO. The quantitative estimate of drug-likeness (QED) is 0.845. The highest BCUT2D eigenvalue weighted by molar-refractivity contribution is 5.94.